The lowest BCUT2D eigenvalue weighted by molar-refractivity contribution is 0.986. The molecule has 1 aliphatic rings. The molecule has 0 aliphatic heterocycles. The molecule has 0 fully saturated rings. The van der Waals surface area contributed by atoms with Gasteiger partial charge in [0.25, 0.3) is 0 Å². The van der Waals surface area contributed by atoms with Gasteiger partial charge in [-0.05, 0) is 123 Å². The van der Waals surface area contributed by atoms with Crippen molar-refractivity contribution in [1.82, 2.24) is 0 Å². The van der Waals surface area contributed by atoms with Crippen molar-refractivity contribution in [2.24, 2.45) is 0 Å². The van der Waals surface area contributed by atoms with E-state index in [-0.39, 0.29) is 0 Å². The molecule has 0 bridgehead atoms. The summed E-state index contributed by atoms with van der Waals surface area (Å²) in [6.45, 7) is 0. The third-order valence-corrected chi connectivity index (χ3v) is 11.9. The highest BCUT2D eigenvalue weighted by atomic mass is 32.1. The first-order valence-electron chi connectivity index (χ1n) is 18.7. The molecular formula is C52H37NS. The number of benzene rings is 8. The van der Waals surface area contributed by atoms with Crippen LogP contribution in [0.25, 0.3) is 70.8 Å². The Morgan fingerprint density at radius 3 is 1.89 bits per heavy atom. The van der Waals surface area contributed by atoms with E-state index in [9.17, 15) is 0 Å². The third-order valence-electron chi connectivity index (χ3n) is 10.7. The van der Waals surface area contributed by atoms with E-state index in [1.54, 1.807) is 0 Å². The number of fused-ring (bicyclic) bond motifs is 4. The number of hydrogen-bond acceptors (Lipinski definition) is 2. The molecule has 0 saturated heterocycles. The zero-order chi connectivity index (χ0) is 35.8. The smallest absolute Gasteiger partial charge is 0.0468 e. The Kier molecular flexibility index (Phi) is 8.24. The third kappa shape index (κ3) is 6.01. The Morgan fingerprint density at radius 1 is 0.389 bits per heavy atom. The largest absolute Gasteiger partial charge is 0.310 e. The second-order valence-electron chi connectivity index (χ2n) is 14.1. The van der Waals surface area contributed by atoms with Crippen LogP contribution >= 0.6 is 11.3 Å². The van der Waals surface area contributed by atoms with Crippen molar-refractivity contribution in [3.8, 4) is 44.5 Å². The van der Waals surface area contributed by atoms with E-state index in [1.165, 1.54) is 75.8 Å². The van der Waals surface area contributed by atoms with Crippen LogP contribution in [0.1, 0.15) is 17.5 Å². The molecule has 256 valence electrons. The minimum absolute atomic E-state index is 1.11. The zero-order valence-electron chi connectivity index (χ0n) is 29.8. The number of aryl methyl sites for hydroxylation is 1. The molecule has 2 heteroatoms. The number of thiophene rings is 1. The molecule has 0 atom stereocenters. The molecule has 1 nitrogen and oxygen atoms in total. The SMILES string of the molecule is C1=Cc2ccc(-c3cccc(-c4ccc(N(c5cccc(-c6ccccc6-c6ccccc6)c5)c5ccc6sc7ccccc7c6c5)cc4)c3)cc2CC1. The molecule has 0 N–H and O–H groups in total. The van der Waals surface area contributed by atoms with Gasteiger partial charge in [-0.1, -0.05) is 146 Å². The van der Waals surface area contributed by atoms with Gasteiger partial charge in [0.15, 0.2) is 0 Å². The molecule has 1 heterocycles. The summed E-state index contributed by atoms with van der Waals surface area (Å²) in [5.74, 6) is 0. The molecule has 54 heavy (non-hydrogen) atoms. The van der Waals surface area contributed by atoms with Gasteiger partial charge in [-0.25, -0.2) is 0 Å². The fourth-order valence-corrected chi connectivity index (χ4v) is 9.10. The van der Waals surface area contributed by atoms with Crippen molar-refractivity contribution < 1.29 is 0 Å². The maximum absolute atomic E-state index is 2.41. The highest BCUT2D eigenvalue weighted by Gasteiger charge is 2.17. The van der Waals surface area contributed by atoms with Crippen molar-refractivity contribution in [2.75, 3.05) is 4.90 Å². The Hall–Kier alpha value is -6.48. The number of allylic oxidation sites excluding steroid dienone is 1. The zero-order valence-corrected chi connectivity index (χ0v) is 30.6. The topological polar surface area (TPSA) is 3.24 Å². The quantitative estimate of drug-likeness (QED) is 0.159. The maximum atomic E-state index is 2.41. The van der Waals surface area contributed by atoms with Crippen LogP contribution in [0.2, 0.25) is 0 Å². The monoisotopic (exact) mass is 707 g/mol. The number of hydrogen-bond donors (Lipinski definition) is 0. The van der Waals surface area contributed by atoms with Crippen molar-refractivity contribution in [3.05, 3.63) is 205 Å². The van der Waals surface area contributed by atoms with Gasteiger partial charge in [-0.2, -0.15) is 0 Å². The molecule has 9 aromatic rings. The Bertz CT molecular complexity index is 2820. The molecule has 10 rings (SSSR count). The summed E-state index contributed by atoms with van der Waals surface area (Å²) in [7, 11) is 0. The van der Waals surface area contributed by atoms with Gasteiger partial charge in [0, 0.05) is 37.2 Å². The van der Waals surface area contributed by atoms with E-state index in [1.807, 2.05) is 11.3 Å². The summed E-state index contributed by atoms with van der Waals surface area (Å²) >= 11 is 1.86. The first kappa shape index (κ1) is 32.2. The van der Waals surface area contributed by atoms with Crippen LogP contribution in [0.5, 0.6) is 0 Å². The van der Waals surface area contributed by atoms with Crippen molar-refractivity contribution in [2.45, 2.75) is 12.8 Å². The summed E-state index contributed by atoms with van der Waals surface area (Å²) < 4.78 is 2.62. The predicted molar refractivity (Wildman–Crippen MR) is 233 cm³/mol. The van der Waals surface area contributed by atoms with Gasteiger partial charge in [0.2, 0.25) is 0 Å². The molecule has 0 spiro atoms. The molecule has 8 aromatic carbocycles. The van der Waals surface area contributed by atoms with E-state index < -0.39 is 0 Å². The van der Waals surface area contributed by atoms with Crippen molar-refractivity contribution >= 4 is 54.6 Å². The minimum atomic E-state index is 1.11. The predicted octanol–water partition coefficient (Wildman–Crippen LogP) is 15.2. The van der Waals surface area contributed by atoms with E-state index in [4.69, 9.17) is 0 Å². The standard InChI is InChI=1S/C52H37NS/c1-2-13-38(14-3-1)47-20-6-7-21-48(47)43-18-11-19-45(34-43)53(46-30-31-52-50(35-46)49-22-8-9-23-51(49)54-52)44-28-26-37(27-29-44)40-16-10-17-41(32-40)42-25-24-36-12-4-5-15-39(36)33-42/h1-4,6-14,16-35H,5,15H2. The van der Waals surface area contributed by atoms with Crippen LogP contribution in [0.3, 0.4) is 0 Å². The lowest BCUT2D eigenvalue weighted by Gasteiger charge is -2.26. The Morgan fingerprint density at radius 2 is 1.02 bits per heavy atom. The van der Waals surface area contributed by atoms with Gasteiger partial charge in [-0.15, -0.1) is 11.3 Å². The molecule has 0 amide bonds. The van der Waals surface area contributed by atoms with Crippen LogP contribution in [-0.2, 0) is 6.42 Å². The van der Waals surface area contributed by atoms with Crippen LogP contribution in [0, 0.1) is 0 Å². The number of rotatable bonds is 7. The van der Waals surface area contributed by atoms with E-state index in [2.05, 4.69) is 205 Å². The van der Waals surface area contributed by atoms with Crippen molar-refractivity contribution in [3.63, 3.8) is 0 Å². The fourth-order valence-electron chi connectivity index (χ4n) is 8.01. The first-order valence-corrected chi connectivity index (χ1v) is 19.5. The van der Waals surface area contributed by atoms with Gasteiger partial charge in [0.05, 0.1) is 0 Å². The average molecular weight is 708 g/mol. The second kappa shape index (κ2) is 13.8. The molecule has 1 aliphatic carbocycles. The van der Waals surface area contributed by atoms with Crippen molar-refractivity contribution in [1.29, 1.82) is 0 Å². The van der Waals surface area contributed by atoms with Gasteiger partial charge in [-0.3, -0.25) is 0 Å². The first-order chi connectivity index (χ1) is 26.7. The van der Waals surface area contributed by atoms with Crippen LogP contribution in [0.4, 0.5) is 17.1 Å². The van der Waals surface area contributed by atoms with Crippen LogP contribution in [0.15, 0.2) is 194 Å². The summed E-state index contributed by atoms with van der Waals surface area (Å²) in [4.78, 5) is 2.41. The highest BCUT2D eigenvalue weighted by Crippen LogP contribution is 2.43. The van der Waals surface area contributed by atoms with Gasteiger partial charge >= 0.3 is 0 Å². The number of nitrogens with zero attached hydrogens (tertiary/aromatic N) is 1. The number of anilines is 3. The molecule has 0 unspecified atom stereocenters. The van der Waals surface area contributed by atoms with Crippen LogP contribution in [-0.4, -0.2) is 0 Å². The summed E-state index contributed by atoms with van der Waals surface area (Å²) in [5, 5.41) is 2.59. The maximum Gasteiger partial charge on any atom is 0.0468 e. The Labute approximate surface area is 320 Å². The van der Waals surface area contributed by atoms with Crippen LogP contribution < -0.4 is 4.90 Å². The summed E-state index contributed by atoms with van der Waals surface area (Å²) in [6.07, 6.45) is 6.75. The normalized spacial score (nSPS) is 12.2. The molecular weight excluding hydrogens is 671 g/mol. The second-order valence-corrected chi connectivity index (χ2v) is 15.1. The fraction of sp³-hybridized carbons (Fsp3) is 0.0385. The summed E-state index contributed by atoms with van der Waals surface area (Å²) in [5.41, 5.74) is 15.9. The lowest BCUT2D eigenvalue weighted by Crippen LogP contribution is -2.10. The van der Waals surface area contributed by atoms with Gasteiger partial charge in [0.1, 0.15) is 0 Å². The molecule has 0 radical (unpaired) electrons. The molecule has 0 saturated carbocycles. The van der Waals surface area contributed by atoms with E-state index in [0.29, 0.717) is 0 Å². The highest BCUT2D eigenvalue weighted by molar-refractivity contribution is 7.25. The molecule has 1 aromatic heterocycles. The lowest BCUT2D eigenvalue weighted by atomic mass is 9.92. The average Bonchev–Trinajstić information content (AvgIpc) is 3.62. The van der Waals surface area contributed by atoms with E-state index >= 15 is 0 Å². The van der Waals surface area contributed by atoms with E-state index in [0.717, 1.165) is 29.9 Å². The van der Waals surface area contributed by atoms with Gasteiger partial charge < -0.3 is 4.90 Å². The minimum Gasteiger partial charge on any atom is -0.310 e. The summed E-state index contributed by atoms with van der Waals surface area (Å²) in [6, 6.07) is 69.0. The Balaban J connectivity index is 1.07.